The van der Waals surface area contributed by atoms with Gasteiger partial charge in [-0.25, -0.2) is 4.98 Å². The van der Waals surface area contributed by atoms with Gasteiger partial charge in [0.05, 0.1) is 5.69 Å². The van der Waals surface area contributed by atoms with Crippen LogP contribution >= 0.6 is 15.9 Å². The molecule has 3 rings (SSSR count). The maximum atomic E-state index is 12.5. The first-order valence-corrected chi connectivity index (χ1v) is 8.66. The largest absolute Gasteiger partial charge is 0.459 e. The predicted molar refractivity (Wildman–Crippen MR) is 102 cm³/mol. The number of nitrogen functional groups attached to an aromatic ring is 1. The Balaban J connectivity index is 1.89. The van der Waals surface area contributed by atoms with E-state index in [9.17, 15) is 9.59 Å². The van der Waals surface area contributed by atoms with Crippen molar-refractivity contribution in [1.29, 1.82) is 0 Å². The third-order valence-electron chi connectivity index (χ3n) is 3.73. The Morgan fingerprint density at radius 1 is 1.08 bits per heavy atom. The van der Waals surface area contributed by atoms with Gasteiger partial charge in [-0.2, -0.15) is 0 Å². The number of anilines is 1. The molecule has 0 saturated heterocycles. The second-order valence-electron chi connectivity index (χ2n) is 5.54. The summed E-state index contributed by atoms with van der Waals surface area (Å²) in [6, 6.07) is 18.5. The fourth-order valence-electron chi connectivity index (χ4n) is 2.49. The van der Waals surface area contributed by atoms with E-state index in [0.29, 0.717) is 10.3 Å². The van der Waals surface area contributed by atoms with Crippen LogP contribution in [0.2, 0.25) is 0 Å². The molecule has 7 heteroatoms. The van der Waals surface area contributed by atoms with Crippen LogP contribution in [0.3, 0.4) is 0 Å². The third-order valence-corrected chi connectivity index (χ3v) is 4.28. The molecule has 0 radical (unpaired) electrons. The molecule has 0 bridgehead atoms. The van der Waals surface area contributed by atoms with Gasteiger partial charge in [-0.1, -0.05) is 60.7 Å². The van der Waals surface area contributed by atoms with Crippen molar-refractivity contribution in [3.63, 3.8) is 0 Å². The van der Waals surface area contributed by atoms with Crippen LogP contribution in [0.4, 0.5) is 5.82 Å². The Morgan fingerprint density at radius 3 is 2.35 bits per heavy atom. The van der Waals surface area contributed by atoms with E-state index in [1.54, 1.807) is 0 Å². The number of nitrogens with zero attached hydrogens (tertiary/aromatic N) is 2. The molecule has 6 nitrogen and oxygen atoms in total. The lowest BCUT2D eigenvalue weighted by Gasteiger charge is -2.15. The van der Waals surface area contributed by atoms with Gasteiger partial charge < -0.3 is 10.5 Å². The van der Waals surface area contributed by atoms with Crippen molar-refractivity contribution in [3.8, 4) is 11.3 Å². The highest BCUT2D eigenvalue weighted by molar-refractivity contribution is 9.10. The minimum absolute atomic E-state index is 0.136. The van der Waals surface area contributed by atoms with E-state index in [2.05, 4.69) is 20.9 Å². The molecule has 26 heavy (non-hydrogen) atoms. The molecule has 0 aliphatic heterocycles. The first-order valence-electron chi connectivity index (χ1n) is 7.87. The molecule has 1 heterocycles. The van der Waals surface area contributed by atoms with Gasteiger partial charge in [0, 0.05) is 5.56 Å². The van der Waals surface area contributed by atoms with Gasteiger partial charge in [-0.05, 0) is 21.5 Å². The molecular weight excluding hydrogens is 398 g/mol. The first-order chi connectivity index (χ1) is 12.6. The average Bonchev–Trinajstić information content (AvgIpc) is 2.66. The summed E-state index contributed by atoms with van der Waals surface area (Å²) in [5.74, 6) is -0.724. The van der Waals surface area contributed by atoms with Crippen LogP contribution in [-0.4, -0.2) is 15.5 Å². The molecule has 0 atom stereocenters. The summed E-state index contributed by atoms with van der Waals surface area (Å²) in [6.45, 7) is -0.127. The average molecular weight is 414 g/mol. The Labute approximate surface area is 158 Å². The van der Waals surface area contributed by atoms with Crippen molar-refractivity contribution in [2.75, 3.05) is 5.73 Å². The van der Waals surface area contributed by atoms with Gasteiger partial charge in [0.2, 0.25) is 0 Å². The summed E-state index contributed by atoms with van der Waals surface area (Å²) < 4.78 is 6.94. The summed E-state index contributed by atoms with van der Waals surface area (Å²) in [5.41, 5.74) is 7.22. The van der Waals surface area contributed by atoms with Crippen LogP contribution in [0, 0.1) is 0 Å². The lowest BCUT2D eigenvalue weighted by molar-refractivity contribution is -0.145. The molecule has 0 saturated carbocycles. The summed E-state index contributed by atoms with van der Waals surface area (Å²) >= 11 is 3.33. The Kier molecular flexibility index (Phi) is 5.48. The molecule has 3 aromatic rings. The molecule has 132 valence electrons. The summed E-state index contributed by atoms with van der Waals surface area (Å²) in [7, 11) is 0. The smallest absolute Gasteiger partial charge is 0.326 e. The van der Waals surface area contributed by atoms with Crippen LogP contribution in [-0.2, 0) is 22.7 Å². The van der Waals surface area contributed by atoms with Crippen LogP contribution in [0.1, 0.15) is 5.56 Å². The van der Waals surface area contributed by atoms with Gasteiger partial charge in [-0.15, -0.1) is 0 Å². The lowest BCUT2D eigenvalue weighted by atomic mass is 10.1. The number of benzene rings is 2. The van der Waals surface area contributed by atoms with E-state index >= 15 is 0 Å². The first kappa shape index (κ1) is 17.9. The van der Waals surface area contributed by atoms with Gasteiger partial charge in [0.15, 0.2) is 5.82 Å². The maximum Gasteiger partial charge on any atom is 0.326 e. The number of halogens is 1. The van der Waals surface area contributed by atoms with Gasteiger partial charge in [0.25, 0.3) is 5.56 Å². The number of carbonyl (C=O) groups is 1. The van der Waals surface area contributed by atoms with Crippen molar-refractivity contribution >= 4 is 27.7 Å². The highest BCUT2D eigenvalue weighted by Gasteiger charge is 2.18. The Bertz CT molecular complexity index is 973. The van der Waals surface area contributed by atoms with Crippen molar-refractivity contribution in [1.82, 2.24) is 9.55 Å². The van der Waals surface area contributed by atoms with Gasteiger partial charge in [-0.3, -0.25) is 14.2 Å². The second kappa shape index (κ2) is 7.97. The van der Waals surface area contributed by atoms with Crippen molar-refractivity contribution < 1.29 is 9.53 Å². The number of ether oxygens (including phenoxy) is 1. The minimum atomic E-state index is -0.538. The standard InChI is InChI=1S/C19H16BrN3O3/c20-17-16(14-9-5-2-6-10-14)23(19(25)18(21)22-17)11-15(24)26-12-13-7-3-1-4-8-13/h1-10H,11-12H2,(H2,21,22). The number of carbonyl (C=O) groups excluding carboxylic acids is 1. The highest BCUT2D eigenvalue weighted by Crippen LogP contribution is 2.26. The van der Waals surface area contributed by atoms with Gasteiger partial charge in [0.1, 0.15) is 17.8 Å². The minimum Gasteiger partial charge on any atom is -0.459 e. The third kappa shape index (κ3) is 4.00. The maximum absolute atomic E-state index is 12.5. The lowest BCUT2D eigenvalue weighted by Crippen LogP contribution is -2.30. The number of esters is 1. The quantitative estimate of drug-likeness (QED) is 0.649. The van der Waals surface area contributed by atoms with Gasteiger partial charge >= 0.3 is 5.97 Å². The predicted octanol–water partition coefficient (Wildman–Crippen LogP) is 3.00. The van der Waals surface area contributed by atoms with Crippen molar-refractivity contribution in [2.45, 2.75) is 13.2 Å². The molecular formula is C19H16BrN3O3. The summed E-state index contributed by atoms with van der Waals surface area (Å²) in [5, 5.41) is 0. The second-order valence-corrected chi connectivity index (χ2v) is 6.29. The van der Waals surface area contributed by atoms with E-state index in [4.69, 9.17) is 10.5 Å². The molecule has 0 spiro atoms. The fourth-order valence-corrected chi connectivity index (χ4v) is 3.13. The molecule has 2 N–H and O–H groups in total. The number of aromatic nitrogens is 2. The van der Waals surface area contributed by atoms with E-state index in [1.807, 2.05) is 60.7 Å². The molecule has 0 amide bonds. The molecule has 0 fully saturated rings. The Morgan fingerprint density at radius 2 is 1.69 bits per heavy atom. The summed E-state index contributed by atoms with van der Waals surface area (Å²) in [6.07, 6.45) is 0. The van der Waals surface area contributed by atoms with Crippen LogP contribution < -0.4 is 11.3 Å². The monoisotopic (exact) mass is 413 g/mol. The van der Waals surface area contributed by atoms with Crippen molar-refractivity contribution in [3.05, 3.63) is 81.2 Å². The molecule has 1 aromatic heterocycles. The topological polar surface area (TPSA) is 87.2 Å². The molecule has 0 aliphatic carbocycles. The SMILES string of the molecule is Nc1nc(Br)c(-c2ccccc2)n(CC(=O)OCc2ccccc2)c1=O. The number of rotatable bonds is 5. The van der Waals surface area contributed by atoms with E-state index in [-0.39, 0.29) is 19.0 Å². The summed E-state index contributed by atoms with van der Waals surface area (Å²) in [4.78, 5) is 28.8. The Hall–Kier alpha value is -2.93. The molecule has 2 aromatic carbocycles. The zero-order valence-electron chi connectivity index (χ0n) is 13.8. The molecule has 0 unspecified atom stereocenters. The number of nitrogens with two attached hydrogens (primary N) is 1. The number of hydrogen-bond donors (Lipinski definition) is 1. The van der Waals surface area contributed by atoms with E-state index in [0.717, 1.165) is 11.1 Å². The van der Waals surface area contributed by atoms with E-state index in [1.165, 1.54) is 4.57 Å². The number of hydrogen-bond acceptors (Lipinski definition) is 5. The zero-order valence-corrected chi connectivity index (χ0v) is 15.3. The van der Waals surface area contributed by atoms with Crippen LogP contribution in [0.25, 0.3) is 11.3 Å². The zero-order chi connectivity index (χ0) is 18.5. The normalized spacial score (nSPS) is 10.5. The van der Waals surface area contributed by atoms with Crippen molar-refractivity contribution in [2.24, 2.45) is 0 Å². The highest BCUT2D eigenvalue weighted by atomic mass is 79.9. The molecule has 0 aliphatic rings. The van der Waals surface area contributed by atoms with Crippen LogP contribution in [0.5, 0.6) is 0 Å². The van der Waals surface area contributed by atoms with Crippen LogP contribution in [0.15, 0.2) is 70.1 Å². The van der Waals surface area contributed by atoms with E-state index < -0.39 is 11.5 Å². The fraction of sp³-hybridized carbons (Fsp3) is 0.105.